The van der Waals surface area contributed by atoms with Gasteiger partial charge in [0.2, 0.25) is 5.88 Å². The van der Waals surface area contributed by atoms with Crippen LogP contribution in [-0.4, -0.2) is 50.2 Å². The van der Waals surface area contributed by atoms with E-state index in [0.29, 0.717) is 23.6 Å². The van der Waals surface area contributed by atoms with Gasteiger partial charge in [-0.25, -0.2) is 8.42 Å². The van der Waals surface area contributed by atoms with Crippen LogP contribution in [0.3, 0.4) is 0 Å². The molecule has 13 heteroatoms. The predicted molar refractivity (Wildman–Crippen MR) is 152 cm³/mol. The van der Waals surface area contributed by atoms with Gasteiger partial charge < -0.3 is 19.5 Å². The summed E-state index contributed by atoms with van der Waals surface area (Å²) in [7, 11) is -1.23. The molecule has 0 saturated heterocycles. The van der Waals surface area contributed by atoms with Crippen LogP contribution in [0.2, 0.25) is 0 Å². The number of sulfonamides is 1. The Hall–Kier alpha value is -3.97. The summed E-state index contributed by atoms with van der Waals surface area (Å²) < 4.78 is 43.8. The fourth-order valence-electron chi connectivity index (χ4n) is 3.39. The van der Waals surface area contributed by atoms with Crippen molar-refractivity contribution in [2.24, 2.45) is 0 Å². The van der Waals surface area contributed by atoms with Crippen LogP contribution in [0.1, 0.15) is 43.0 Å². The maximum absolute atomic E-state index is 12.8. The third kappa shape index (κ3) is 8.79. The van der Waals surface area contributed by atoms with Crippen molar-refractivity contribution < 1.29 is 27.4 Å². The number of carbonyl (C=O) groups excluding carboxylic acids is 1. The van der Waals surface area contributed by atoms with Crippen molar-refractivity contribution in [3.8, 4) is 17.6 Å². The number of benzene rings is 2. The van der Waals surface area contributed by atoms with E-state index in [-0.39, 0.29) is 27.7 Å². The Labute approximate surface area is 233 Å². The van der Waals surface area contributed by atoms with Gasteiger partial charge in [0.05, 0.1) is 31.3 Å². The van der Waals surface area contributed by atoms with E-state index in [4.69, 9.17) is 26.4 Å². The Morgan fingerprint density at radius 3 is 2.41 bits per heavy atom. The highest BCUT2D eigenvalue weighted by molar-refractivity contribution is 7.92. The normalized spacial score (nSPS) is 10.8. The summed E-state index contributed by atoms with van der Waals surface area (Å²) in [5, 5.41) is 5.55. The first-order valence-electron chi connectivity index (χ1n) is 12.2. The summed E-state index contributed by atoms with van der Waals surface area (Å²) in [4.78, 5) is 20.7. The molecule has 0 aliphatic rings. The van der Waals surface area contributed by atoms with Crippen molar-refractivity contribution in [3.05, 3.63) is 60.2 Å². The van der Waals surface area contributed by atoms with Crippen LogP contribution in [0.25, 0.3) is 0 Å². The number of rotatable bonds is 13. The van der Waals surface area contributed by atoms with Gasteiger partial charge in [-0.15, -0.1) is 0 Å². The number of ether oxygens (including phenoxy) is 3. The number of para-hydroxylation sites is 1. The van der Waals surface area contributed by atoms with Crippen LogP contribution in [-0.2, 0) is 10.0 Å². The molecule has 208 valence electrons. The van der Waals surface area contributed by atoms with E-state index in [0.717, 1.165) is 25.7 Å². The molecule has 11 nitrogen and oxygen atoms in total. The summed E-state index contributed by atoms with van der Waals surface area (Å²) in [5.41, 5.74) is 0.840. The van der Waals surface area contributed by atoms with Gasteiger partial charge in [0, 0.05) is 11.8 Å². The van der Waals surface area contributed by atoms with Crippen molar-refractivity contribution in [2.45, 2.75) is 37.5 Å². The molecule has 39 heavy (non-hydrogen) atoms. The minimum atomic E-state index is -3.98. The van der Waals surface area contributed by atoms with Crippen LogP contribution in [0.15, 0.2) is 59.5 Å². The van der Waals surface area contributed by atoms with Crippen molar-refractivity contribution in [3.63, 3.8) is 0 Å². The molecule has 0 bridgehead atoms. The Bertz CT molecular complexity index is 1360. The Balaban J connectivity index is 1.60. The number of nitrogens with zero attached hydrogens (tertiary/aromatic N) is 2. The SMILES string of the molecule is CCCCCCOc1ccccc1C(=O)NC(=S)Nc1ccc(S(=O)(=O)Nc2cc(OC)nc(OC)n2)cc1. The molecule has 1 heterocycles. The predicted octanol–water partition coefficient (Wildman–Crippen LogP) is 4.38. The number of methoxy groups -OCH3 is 2. The highest BCUT2D eigenvalue weighted by Crippen LogP contribution is 2.22. The molecule has 3 aromatic rings. The molecular weight excluding hydrogens is 542 g/mol. The number of aromatic nitrogens is 2. The first kappa shape index (κ1) is 29.6. The number of nitrogens with one attached hydrogen (secondary N) is 3. The van der Waals surface area contributed by atoms with Crippen LogP contribution >= 0.6 is 12.2 Å². The molecule has 3 rings (SSSR count). The van der Waals surface area contributed by atoms with E-state index in [1.807, 2.05) is 0 Å². The number of hydrogen-bond acceptors (Lipinski definition) is 9. The average Bonchev–Trinajstić information content (AvgIpc) is 2.92. The number of amides is 1. The number of carbonyl (C=O) groups is 1. The second-order valence-electron chi connectivity index (χ2n) is 8.23. The Morgan fingerprint density at radius 2 is 1.72 bits per heavy atom. The Morgan fingerprint density at radius 1 is 0.974 bits per heavy atom. The lowest BCUT2D eigenvalue weighted by molar-refractivity contribution is 0.0973. The number of hydrogen-bond donors (Lipinski definition) is 3. The van der Waals surface area contributed by atoms with E-state index in [1.165, 1.54) is 44.6 Å². The summed E-state index contributed by atoms with van der Waals surface area (Å²) in [6, 6.07) is 14.0. The van der Waals surface area contributed by atoms with Gasteiger partial charge in [-0.2, -0.15) is 9.97 Å². The van der Waals surface area contributed by atoms with Gasteiger partial charge in [0.25, 0.3) is 15.9 Å². The van der Waals surface area contributed by atoms with Gasteiger partial charge in [0.15, 0.2) is 10.9 Å². The second-order valence-corrected chi connectivity index (χ2v) is 10.3. The maximum Gasteiger partial charge on any atom is 0.321 e. The van der Waals surface area contributed by atoms with Crippen LogP contribution in [0.4, 0.5) is 11.5 Å². The first-order valence-corrected chi connectivity index (χ1v) is 14.1. The van der Waals surface area contributed by atoms with Crippen LogP contribution in [0, 0.1) is 0 Å². The van der Waals surface area contributed by atoms with Crippen LogP contribution < -0.4 is 29.6 Å². The largest absolute Gasteiger partial charge is 0.493 e. The quantitative estimate of drug-likeness (QED) is 0.199. The Kier molecular flexibility index (Phi) is 10.8. The van der Waals surface area contributed by atoms with Crippen molar-refractivity contribution in [1.29, 1.82) is 0 Å². The van der Waals surface area contributed by atoms with Crippen LogP contribution in [0.5, 0.6) is 17.6 Å². The van der Waals surface area contributed by atoms with Gasteiger partial charge in [-0.1, -0.05) is 38.3 Å². The topological polar surface area (TPSA) is 141 Å². The minimum absolute atomic E-state index is 0.0185. The number of anilines is 2. The molecule has 0 spiro atoms. The molecule has 0 fully saturated rings. The lowest BCUT2D eigenvalue weighted by Gasteiger charge is -2.13. The van der Waals surface area contributed by atoms with Crippen molar-refractivity contribution in [2.75, 3.05) is 30.9 Å². The summed E-state index contributed by atoms with van der Waals surface area (Å²) in [5.74, 6) is 0.178. The first-order chi connectivity index (χ1) is 18.7. The van der Waals surface area contributed by atoms with E-state index in [9.17, 15) is 13.2 Å². The molecule has 1 aromatic heterocycles. The highest BCUT2D eigenvalue weighted by Gasteiger charge is 2.18. The lowest BCUT2D eigenvalue weighted by atomic mass is 10.2. The van der Waals surface area contributed by atoms with E-state index < -0.39 is 15.9 Å². The standard InChI is InChI=1S/C26H31N5O6S2/c1-4-5-6-9-16-37-21-11-8-7-10-20(21)24(32)30-26(38)27-18-12-14-19(15-13-18)39(33,34)31-22-17-23(35-2)29-25(28-22)36-3/h7-8,10-15,17H,4-6,9,16H2,1-3H3,(H,28,29,31)(H2,27,30,32,38). The van der Waals surface area contributed by atoms with E-state index >= 15 is 0 Å². The molecule has 0 atom stereocenters. The molecule has 0 radical (unpaired) electrons. The molecule has 2 aromatic carbocycles. The summed E-state index contributed by atoms with van der Waals surface area (Å²) >= 11 is 5.28. The molecular formula is C26H31N5O6S2. The fraction of sp³-hybridized carbons (Fsp3) is 0.308. The minimum Gasteiger partial charge on any atom is -0.493 e. The molecule has 0 aliphatic heterocycles. The highest BCUT2D eigenvalue weighted by atomic mass is 32.2. The maximum atomic E-state index is 12.8. The molecule has 0 aliphatic carbocycles. The van der Waals surface area contributed by atoms with Gasteiger partial charge in [0.1, 0.15) is 5.75 Å². The molecule has 0 saturated carbocycles. The number of unbranched alkanes of at least 4 members (excludes halogenated alkanes) is 3. The lowest BCUT2D eigenvalue weighted by Crippen LogP contribution is -2.34. The van der Waals surface area contributed by atoms with E-state index in [1.54, 1.807) is 24.3 Å². The zero-order valence-corrected chi connectivity index (χ0v) is 23.5. The fourth-order valence-corrected chi connectivity index (χ4v) is 4.59. The van der Waals surface area contributed by atoms with Gasteiger partial charge in [-0.3, -0.25) is 14.8 Å². The number of thiocarbonyl (C=S) groups is 1. The third-order valence-electron chi connectivity index (χ3n) is 5.35. The third-order valence-corrected chi connectivity index (χ3v) is 6.92. The van der Waals surface area contributed by atoms with Crippen molar-refractivity contribution in [1.82, 2.24) is 15.3 Å². The molecule has 3 N–H and O–H groups in total. The van der Waals surface area contributed by atoms with E-state index in [2.05, 4.69) is 32.2 Å². The monoisotopic (exact) mass is 573 g/mol. The smallest absolute Gasteiger partial charge is 0.321 e. The zero-order valence-electron chi connectivity index (χ0n) is 21.9. The molecule has 1 amide bonds. The molecule has 0 unspecified atom stereocenters. The van der Waals surface area contributed by atoms with Gasteiger partial charge in [-0.05, 0) is 55.0 Å². The van der Waals surface area contributed by atoms with Crippen molar-refractivity contribution >= 4 is 44.8 Å². The summed E-state index contributed by atoms with van der Waals surface area (Å²) in [6.45, 7) is 2.66. The zero-order chi connectivity index (χ0) is 28.3. The van der Waals surface area contributed by atoms with Gasteiger partial charge >= 0.3 is 6.01 Å². The summed E-state index contributed by atoms with van der Waals surface area (Å²) in [6.07, 6.45) is 4.25. The second kappa shape index (κ2) is 14.3. The average molecular weight is 574 g/mol.